The van der Waals surface area contributed by atoms with Crippen LogP contribution in [0.4, 0.5) is 24.5 Å². The van der Waals surface area contributed by atoms with Crippen LogP contribution in [-0.4, -0.2) is 31.7 Å². The molecule has 2 N–H and O–H groups in total. The number of hydrogen-bond donors (Lipinski definition) is 2. The minimum absolute atomic E-state index is 0.185. The fraction of sp³-hybridized carbons (Fsp3) is 0.125. The van der Waals surface area contributed by atoms with Gasteiger partial charge in [0.1, 0.15) is 29.0 Å². The van der Waals surface area contributed by atoms with Crippen LogP contribution >= 0.6 is 0 Å². The van der Waals surface area contributed by atoms with Gasteiger partial charge in [0.15, 0.2) is 9.84 Å². The van der Waals surface area contributed by atoms with Crippen LogP contribution in [0.15, 0.2) is 42.5 Å². The topological polar surface area (TPSA) is 92.3 Å². The Balaban J connectivity index is 1.93. The van der Waals surface area contributed by atoms with Crippen molar-refractivity contribution in [2.24, 2.45) is 0 Å². The molecule has 0 unspecified atom stereocenters. The van der Waals surface area contributed by atoms with Crippen LogP contribution in [0, 0.1) is 17.5 Å². The van der Waals surface area contributed by atoms with E-state index < -0.39 is 50.6 Å². The zero-order chi connectivity index (χ0) is 19.3. The van der Waals surface area contributed by atoms with E-state index in [4.69, 9.17) is 0 Å². The molecule has 2 aromatic rings. The van der Waals surface area contributed by atoms with Gasteiger partial charge >= 0.3 is 0 Å². The van der Waals surface area contributed by atoms with Gasteiger partial charge in [0.2, 0.25) is 11.8 Å². The SMILES string of the molecule is O=C(CS(=O)(=O)CC(=O)Nc1ccc(F)cc1F)Nc1ccc(F)cc1. The van der Waals surface area contributed by atoms with Crippen molar-refractivity contribution in [3.8, 4) is 0 Å². The van der Waals surface area contributed by atoms with Crippen LogP contribution in [0.5, 0.6) is 0 Å². The molecule has 0 saturated carbocycles. The second kappa shape index (κ2) is 8.00. The van der Waals surface area contributed by atoms with Gasteiger partial charge in [-0.15, -0.1) is 0 Å². The van der Waals surface area contributed by atoms with Crippen LogP contribution in [0.1, 0.15) is 0 Å². The predicted octanol–water partition coefficient (Wildman–Crippen LogP) is 2.10. The first-order valence-corrected chi connectivity index (χ1v) is 8.97. The van der Waals surface area contributed by atoms with Crippen molar-refractivity contribution in [1.82, 2.24) is 0 Å². The van der Waals surface area contributed by atoms with Gasteiger partial charge < -0.3 is 10.6 Å². The third-order valence-corrected chi connectivity index (χ3v) is 4.44. The molecular weight excluding hydrogens is 373 g/mol. The highest BCUT2D eigenvalue weighted by Crippen LogP contribution is 2.15. The Morgan fingerprint density at radius 1 is 0.808 bits per heavy atom. The van der Waals surface area contributed by atoms with E-state index in [0.29, 0.717) is 6.07 Å². The molecular formula is C16H13F3N2O4S. The van der Waals surface area contributed by atoms with E-state index >= 15 is 0 Å². The molecule has 0 atom stereocenters. The summed E-state index contributed by atoms with van der Waals surface area (Å²) in [5.74, 6) is -6.51. The molecule has 138 valence electrons. The fourth-order valence-electron chi connectivity index (χ4n) is 1.96. The zero-order valence-corrected chi connectivity index (χ0v) is 13.9. The molecule has 6 nitrogen and oxygen atoms in total. The standard InChI is InChI=1S/C16H13F3N2O4S/c17-10-1-4-12(5-2-10)20-15(22)8-26(24,25)9-16(23)21-14-6-3-11(18)7-13(14)19/h1-7H,8-9H2,(H,20,22)(H,21,23). The molecule has 0 aliphatic heterocycles. The summed E-state index contributed by atoms with van der Waals surface area (Å²) in [5, 5.41) is 4.23. The first kappa shape index (κ1) is 19.4. The van der Waals surface area contributed by atoms with Crippen molar-refractivity contribution < 1.29 is 31.2 Å². The molecule has 0 aromatic heterocycles. The molecule has 0 heterocycles. The Morgan fingerprint density at radius 2 is 1.35 bits per heavy atom. The van der Waals surface area contributed by atoms with E-state index in [1.807, 2.05) is 5.32 Å². The van der Waals surface area contributed by atoms with Crippen LogP contribution < -0.4 is 10.6 Å². The Bertz CT molecular complexity index is 931. The summed E-state index contributed by atoms with van der Waals surface area (Å²) < 4.78 is 62.8. The van der Waals surface area contributed by atoms with Gasteiger partial charge in [-0.2, -0.15) is 0 Å². The zero-order valence-electron chi connectivity index (χ0n) is 13.1. The Morgan fingerprint density at radius 3 is 1.92 bits per heavy atom. The van der Waals surface area contributed by atoms with Crippen LogP contribution in [0.2, 0.25) is 0 Å². The van der Waals surface area contributed by atoms with Crippen LogP contribution in [-0.2, 0) is 19.4 Å². The number of rotatable bonds is 6. The number of carbonyl (C=O) groups is 2. The lowest BCUT2D eigenvalue weighted by molar-refractivity contribution is -0.114. The molecule has 0 spiro atoms. The normalized spacial score (nSPS) is 11.0. The van der Waals surface area contributed by atoms with Crippen molar-refractivity contribution in [1.29, 1.82) is 0 Å². The Labute approximate surface area is 146 Å². The predicted molar refractivity (Wildman–Crippen MR) is 88.7 cm³/mol. The van der Waals surface area contributed by atoms with E-state index in [0.717, 1.165) is 24.3 Å². The minimum Gasteiger partial charge on any atom is -0.325 e. The molecule has 0 aliphatic rings. The summed E-state index contributed by atoms with van der Waals surface area (Å²) in [6.45, 7) is 0. The maximum absolute atomic E-state index is 13.4. The molecule has 10 heteroatoms. The lowest BCUT2D eigenvalue weighted by Crippen LogP contribution is -2.30. The van der Waals surface area contributed by atoms with Crippen LogP contribution in [0.3, 0.4) is 0 Å². The highest BCUT2D eigenvalue weighted by atomic mass is 32.2. The molecule has 0 aliphatic carbocycles. The average Bonchev–Trinajstić information content (AvgIpc) is 2.51. The lowest BCUT2D eigenvalue weighted by atomic mass is 10.3. The van der Waals surface area contributed by atoms with E-state index in [9.17, 15) is 31.2 Å². The maximum atomic E-state index is 13.4. The molecule has 2 amide bonds. The highest BCUT2D eigenvalue weighted by molar-refractivity contribution is 7.92. The van der Waals surface area contributed by atoms with Crippen molar-refractivity contribution in [2.75, 3.05) is 22.1 Å². The van der Waals surface area contributed by atoms with Crippen molar-refractivity contribution in [3.05, 3.63) is 59.9 Å². The summed E-state index contributed by atoms with van der Waals surface area (Å²) in [4.78, 5) is 23.4. The summed E-state index contributed by atoms with van der Waals surface area (Å²) >= 11 is 0. The summed E-state index contributed by atoms with van der Waals surface area (Å²) in [7, 11) is -4.14. The molecule has 26 heavy (non-hydrogen) atoms. The second-order valence-corrected chi connectivity index (χ2v) is 7.32. The minimum atomic E-state index is -4.14. The van der Waals surface area contributed by atoms with Gasteiger partial charge in [0.05, 0.1) is 5.69 Å². The third kappa shape index (κ3) is 5.88. The molecule has 0 fully saturated rings. The smallest absolute Gasteiger partial charge is 0.239 e. The first-order valence-electron chi connectivity index (χ1n) is 7.15. The number of carbonyl (C=O) groups excluding carboxylic acids is 2. The molecule has 0 radical (unpaired) electrons. The number of anilines is 2. The number of nitrogens with one attached hydrogen (secondary N) is 2. The van der Waals surface area contributed by atoms with Gasteiger partial charge in [-0.3, -0.25) is 9.59 Å². The second-order valence-electron chi connectivity index (χ2n) is 5.26. The van der Waals surface area contributed by atoms with E-state index in [1.54, 1.807) is 0 Å². The van der Waals surface area contributed by atoms with Gasteiger partial charge in [-0.1, -0.05) is 0 Å². The average molecular weight is 386 g/mol. The summed E-state index contributed by atoms with van der Waals surface area (Å²) in [6.07, 6.45) is 0. The number of sulfone groups is 1. The largest absolute Gasteiger partial charge is 0.325 e. The van der Waals surface area contributed by atoms with E-state index in [-0.39, 0.29) is 11.4 Å². The van der Waals surface area contributed by atoms with Gasteiger partial charge in [0, 0.05) is 11.8 Å². The summed E-state index contributed by atoms with van der Waals surface area (Å²) in [5.41, 5.74) is -0.202. The third-order valence-electron chi connectivity index (χ3n) is 3.04. The Kier molecular flexibility index (Phi) is 5.98. The Hall–Kier alpha value is -2.88. The quantitative estimate of drug-likeness (QED) is 0.795. The van der Waals surface area contributed by atoms with Crippen molar-refractivity contribution >= 4 is 33.0 Å². The van der Waals surface area contributed by atoms with Gasteiger partial charge in [-0.05, 0) is 36.4 Å². The van der Waals surface area contributed by atoms with E-state index in [2.05, 4.69) is 5.32 Å². The van der Waals surface area contributed by atoms with Gasteiger partial charge in [-0.25, -0.2) is 21.6 Å². The number of halogens is 3. The van der Waals surface area contributed by atoms with Crippen LogP contribution in [0.25, 0.3) is 0 Å². The highest BCUT2D eigenvalue weighted by Gasteiger charge is 2.21. The molecule has 0 bridgehead atoms. The number of amides is 2. The summed E-state index contributed by atoms with van der Waals surface area (Å²) in [6, 6.07) is 7.00. The van der Waals surface area contributed by atoms with Gasteiger partial charge in [0.25, 0.3) is 0 Å². The fourth-order valence-corrected chi connectivity index (χ4v) is 3.00. The lowest BCUT2D eigenvalue weighted by Gasteiger charge is -2.08. The van der Waals surface area contributed by atoms with Crippen molar-refractivity contribution in [3.63, 3.8) is 0 Å². The number of hydrogen-bond acceptors (Lipinski definition) is 4. The van der Waals surface area contributed by atoms with Crippen molar-refractivity contribution in [2.45, 2.75) is 0 Å². The maximum Gasteiger partial charge on any atom is 0.239 e. The molecule has 2 aromatic carbocycles. The first-order chi connectivity index (χ1) is 12.1. The molecule has 0 saturated heterocycles. The number of benzene rings is 2. The monoisotopic (exact) mass is 386 g/mol. The van der Waals surface area contributed by atoms with E-state index in [1.165, 1.54) is 12.1 Å². The molecule has 2 rings (SSSR count).